The number of anilines is 2. The van der Waals surface area contributed by atoms with Crippen molar-refractivity contribution in [3.8, 4) is 0 Å². The summed E-state index contributed by atoms with van der Waals surface area (Å²) in [4.78, 5) is 25.4. The fourth-order valence-electron chi connectivity index (χ4n) is 4.19. The van der Waals surface area contributed by atoms with Crippen LogP contribution in [0.2, 0.25) is 0 Å². The molecule has 1 aromatic rings. The van der Waals surface area contributed by atoms with E-state index in [1.807, 2.05) is 11.2 Å². The molecule has 3 heterocycles. The van der Waals surface area contributed by atoms with Gasteiger partial charge in [0.25, 0.3) is 0 Å². The number of aliphatic hydroxyl groups excluding tert-OH is 1. The van der Waals surface area contributed by atoms with Gasteiger partial charge in [-0.25, -0.2) is 4.98 Å². The molecule has 2 aliphatic heterocycles. The van der Waals surface area contributed by atoms with Gasteiger partial charge in [-0.2, -0.15) is 16.7 Å². The topological polar surface area (TPSA) is 95.6 Å². The van der Waals surface area contributed by atoms with Crippen LogP contribution in [0.25, 0.3) is 0 Å². The Morgan fingerprint density at radius 1 is 1.52 bits per heavy atom. The van der Waals surface area contributed by atoms with Gasteiger partial charge in [0.1, 0.15) is 5.82 Å². The number of likely N-dealkylation sites (tertiary alicyclic amines) is 1. The maximum absolute atomic E-state index is 12.6. The fourth-order valence-corrected chi connectivity index (χ4v) is 4.57. The minimum atomic E-state index is -0.306. The van der Waals surface area contributed by atoms with Crippen LogP contribution in [0.15, 0.2) is 12.3 Å². The number of nitrogens with two attached hydrogens (primary N) is 1. The molecule has 2 fully saturated rings. The number of thioether (sulfide) groups is 1. The first-order chi connectivity index (χ1) is 12.1. The van der Waals surface area contributed by atoms with Gasteiger partial charge in [0.2, 0.25) is 11.9 Å². The van der Waals surface area contributed by atoms with Crippen molar-refractivity contribution >= 4 is 29.4 Å². The zero-order chi connectivity index (χ0) is 17.9. The molecule has 8 heteroatoms. The van der Waals surface area contributed by atoms with Gasteiger partial charge >= 0.3 is 0 Å². The number of aliphatic hydroxyl groups is 1. The normalized spacial score (nSPS) is 26.4. The van der Waals surface area contributed by atoms with Crippen LogP contribution in [0.1, 0.15) is 25.7 Å². The van der Waals surface area contributed by atoms with E-state index in [0.717, 1.165) is 38.1 Å². The number of rotatable bonds is 5. The van der Waals surface area contributed by atoms with E-state index in [1.54, 1.807) is 24.0 Å². The third-order valence-corrected chi connectivity index (χ3v) is 6.05. The Bertz CT molecular complexity index is 616. The fraction of sp³-hybridized carbons (Fsp3) is 0.706. The van der Waals surface area contributed by atoms with Crippen LogP contribution >= 0.6 is 11.8 Å². The van der Waals surface area contributed by atoms with Gasteiger partial charge in [-0.05, 0) is 31.6 Å². The van der Waals surface area contributed by atoms with Crippen LogP contribution in [0.3, 0.4) is 0 Å². The number of nitrogen functional groups attached to an aromatic ring is 1. The van der Waals surface area contributed by atoms with E-state index in [2.05, 4.69) is 14.9 Å². The standard InChI is InChI=1S/C17H27N5O2S/c1-25-10-5-15(24)22-8-2-6-17(12-23)11-21(9-4-13(17)22)16-19-7-3-14(18)20-16/h3,7,13,23H,2,4-6,8-12H2,1H3,(H2,18,19,20)/t13-,17-/m1/s1. The van der Waals surface area contributed by atoms with Gasteiger partial charge in [-0.1, -0.05) is 0 Å². The molecule has 3 rings (SSSR count). The molecule has 138 valence electrons. The van der Waals surface area contributed by atoms with Gasteiger partial charge in [-0.15, -0.1) is 0 Å². The second-order valence-electron chi connectivity index (χ2n) is 6.96. The molecular weight excluding hydrogens is 338 g/mol. The summed E-state index contributed by atoms with van der Waals surface area (Å²) < 4.78 is 0. The number of carbonyl (C=O) groups excluding carboxylic acids is 1. The van der Waals surface area contributed by atoms with Crippen LogP contribution in [0.4, 0.5) is 11.8 Å². The lowest BCUT2D eigenvalue weighted by atomic mass is 9.69. The van der Waals surface area contributed by atoms with E-state index in [-0.39, 0.29) is 24.0 Å². The molecule has 0 bridgehead atoms. The summed E-state index contributed by atoms with van der Waals surface area (Å²) in [6.07, 6.45) is 6.91. The quantitative estimate of drug-likeness (QED) is 0.803. The van der Waals surface area contributed by atoms with Gasteiger partial charge in [0.05, 0.1) is 6.61 Å². The average molecular weight is 366 g/mol. The van der Waals surface area contributed by atoms with Crippen LogP contribution in [-0.4, -0.2) is 70.2 Å². The molecule has 0 aromatic carbocycles. The number of hydrogen-bond donors (Lipinski definition) is 2. The average Bonchev–Trinajstić information content (AvgIpc) is 2.65. The van der Waals surface area contributed by atoms with E-state index in [4.69, 9.17) is 5.73 Å². The molecule has 0 unspecified atom stereocenters. The molecule has 2 atom stereocenters. The van der Waals surface area contributed by atoms with Crippen molar-refractivity contribution in [2.45, 2.75) is 31.7 Å². The highest BCUT2D eigenvalue weighted by Crippen LogP contribution is 2.42. The summed E-state index contributed by atoms with van der Waals surface area (Å²) >= 11 is 1.69. The van der Waals surface area contributed by atoms with Crippen molar-refractivity contribution in [3.63, 3.8) is 0 Å². The van der Waals surface area contributed by atoms with E-state index in [1.165, 1.54) is 0 Å². The lowest BCUT2D eigenvalue weighted by Crippen LogP contribution is -2.64. The predicted octanol–water partition coefficient (Wildman–Crippen LogP) is 0.992. The van der Waals surface area contributed by atoms with Gasteiger partial charge in [0, 0.05) is 49.5 Å². The minimum Gasteiger partial charge on any atom is -0.396 e. The number of amides is 1. The summed E-state index contributed by atoms with van der Waals surface area (Å²) in [6, 6.07) is 1.77. The second-order valence-corrected chi connectivity index (χ2v) is 7.95. The minimum absolute atomic E-state index is 0.0722. The number of carbonyl (C=O) groups is 1. The Morgan fingerprint density at radius 3 is 3.08 bits per heavy atom. The lowest BCUT2D eigenvalue weighted by Gasteiger charge is -2.54. The van der Waals surface area contributed by atoms with E-state index in [9.17, 15) is 9.90 Å². The van der Waals surface area contributed by atoms with Crippen LogP contribution < -0.4 is 10.6 Å². The first-order valence-corrected chi connectivity index (χ1v) is 10.2. The monoisotopic (exact) mass is 365 g/mol. The molecule has 1 amide bonds. The Labute approximate surface area is 153 Å². The summed E-state index contributed by atoms with van der Waals surface area (Å²) in [6.45, 7) is 2.29. The molecule has 25 heavy (non-hydrogen) atoms. The molecular formula is C17H27N5O2S. The number of aromatic nitrogens is 2. The van der Waals surface area contributed by atoms with Crippen molar-refractivity contribution in [2.24, 2.45) is 5.41 Å². The lowest BCUT2D eigenvalue weighted by molar-refractivity contribution is -0.142. The molecule has 1 aromatic heterocycles. The van der Waals surface area contributed by atoms with Gasteiger partial charge < -0.3 is 20.6 Å². The van der Waals surface area contributed by atoms with E-state index < -0.39 is 0 Å². The van der Waals surface area contributed by atoms with E-state index in [0.29, 0.717) is 24.7 Å². The van der Waals surface area contributed by atoms with Gasteiger partial charge in [0.15, 0.2) is 0 Å². The first-order valence-electron chi connectivity index (χ1n) is 8.82. The third kappa shape index (κ3) is 3.69. The van der Waals surface area contributed by atoms with Crippen molar-refractivity contribution in [2.75, 3.05) is 48.9 Å². The van der Waals surface area contributed by atoms with Crippen LogP contribution in [0.5, 0.6) is 0 Å². The Kier molecular flexibility index (Phi) is 5.68. The van der Waals surface area contributed by atoms with E-state index >= 15 is 0 Å². The molecule has 7 nitrogen and oxygen atoms in total. The van der Waals surface area contributed by atoms with Crippen molar-refractivity contribution in [3.05, 3.63) is 12.3 Å². The summed E-state index contributed by atoms with van der Waals surface area (Å²) in [5.74, 6) is 2.11. The van der Waals surface area contributed by atoms with Crippen LogP contribution in [0, 0.1) is 5.41 Å². The molecule has 2 saturated heterocycles. The zero-order valence-electron chi connectivity index (χ0n) is 14.7. The molecule has 0 saturated carbocycles. The number of nitrogens with zero attached hydrogens (tertiary/aromatic N) is 4. The molecule has 3 N–H and O–H groups in total. The van der Waals surface area contributed by atoms with Gasteiger partial charge in [-0.3, -0.25) is 4.79 Å². The highest BCUT2D eigenvalue weighted by Gasteiger charge is 2.49. The molecule has 0 aliphatic carbocycles. The van der Waals surface area contributed by atoms with Crippen molar-refractivity contribution in [1.29, 1.82) is 0 Å². The number of piperidine rings is 2. The summed E-state index contributed by atoms with van der Waals surface area (Å²) in [7, 11) is 0. The summed E-state index contributed by atoms with van der Waals surface area (Å²) in [5, 5.41) is 10.2. The van der Waals surface area contributed by atoms with Crippen LogP contribution in [-0.2, 0) is 4.79 Å². The first kappa shape index (κ1) is 18.3. The summed E-state index contributed by atoms with van der Waals surface area (Å²) in [5.41, 5.74) is 5.48. The largest absolute Gasteiger partial charge is 0.396 e. The number of fused-ring (bicyclic) bond motifs is 1. The third-order valence-electron chi connectivity index (χ3n) is 5.44. The maximum Gasteiger partial charge on any atom is 0.227 e. The highest BCUT2D eigenvalue weighted by molar-refractivity contribution is 7.98. The smallest absolute Gasteiger partial charge is 0.227 e. The zero-order valence-corrected chi connectivity index (χ0v) is 15.5. The number of hydrogen-bond acceptors (Lipinski definition) is 7. The van der Waals surface area contributed by atoms with Crippen molar-refractivity contribution < 1.29 is 9.90 Å². The molecule has 0 spiro atoms. The predicted molar refractivity (Wildman–Crippen MR) is 101 cm³/mol. The Balaban J connectivity index is 1.79. The molecule has 0 radical (unpaired) electrons. The SMILES string of the molecule is CSCCC(=O)N1CCC[C@]2(CO)CN(c3nccc(N)n3)CC[C@@H]12. The maximum atomic E-state index is 12.6. The second kappa shape index (κ2) is 7.78. The Hall–Kier alpha value is -1.54. The Morgan fingerprint density at radius 2 is 2.36 bits per heavy atom. The highest BCUT2D eigenvalue weighted by atomic mass is 32.2. The van der Waals surface area contributed by atoms with Crippen molar-refractivity contribution in [1.82, 2.24) is 14.9 Å². The molecule has 2 aliphatic rings.